The van der Waals surface area contributed by atoms with Gasteiger partial charge in [-0.05, 0) is 11.4 Å². The van der Waals surface area contributed by atoms with Gasteiger partial charge in [-0.1, -0.05) is 11.6 Å². The maximum atomic E-state index is 11.9. The van der Waals surface area contributed by atoms with Gasteiger partial charge in [0, 0.05) is 5.56 Å². The molecule has 0 bridgehead atoms. The first kappa shape index (κ1) is 9.83. The van der Waals surface area contributed by atoms with E-state index in [9.17, 15) is 13.2 Å². The molecule has 0 amide bonds. The Balaban J connectivity index is 2.85. The summed E-state index contributed by atoms with van der Waals surface area (Å²) in [6, 6.07) is 1.10. The molecule has 0 aromatic carbocycles. The summed E-state index contributed by atoms with van der Waals surface area (Å²) < 4.78 is 35.8. The van der Waals surface area contributed by atoms with E-state index in [1.165, 1.54) is 5.38 Å². The van der Waals surface area contributed by atoms with Crippen molar-refractivity contribution in [1.82, 2.24) is 0 Å². The molecule has 1 aromatic heterocycles. The van der Waals surface area contributed by atoms with Crippen LogP contribution < -0.4 is 0 Å². The second kappa shape index (κ2) is 3.24. The van der Waals surface area contributed by atoms with Crippen LogP contribution in [0.15, 0.2) is 11.4 Å². The Labute approximate surface area is 75.4 Å². The van der Waals surface area contributed by atoms with Gasteiger partial charge in [-0.25, -0.2) is 0 Å². The zero-order chi connectivity index (χ0) is 9.35. The lowest BCUT2D eigenvalue weighted by Gasteiger charge is -2.12. The topological polar surface area (TPSA) is 20.2 Å². The van der Waals surface area contributed by atoms with Crippen LogP contribution in [0.3, 0.4) is 0 Å². The fourth-order valence-corrected chi connectivity index (χ4v) is 1.57. The second-order valence-corrected chi connectivity index (χ2v) is 3.67. The molecule has 1 aromatic rings. The molecule has 0 fully saturated rings. The van der Waals surface area contributed by atoms with Crippen LogP contribution in [0.25, 0.3) is 0 Å². The molecule has 0 aliphatic heterocycles. The molecule has 0 saturated heterocycles. The minimum absolute atomic E-state index is 0.211. The second-order valence-electron chi connectivity index (χ2n) is 2.13. The lowest BCUT2D eigenvalue weighted by atomic mass is 10.2. The quantitative estimate of drug-likeness (QED) is 0.765. The third-order valence-electron chi connectivity index (χ3n) is 1.21. The largest absolute Gasteiger partial charge is 0.418 e. The molecule has 1 heterocycles. The van der Waals surface area contributed by atoms with E-state index in [4.69, 9.17) is 16.7 Å². The van der Waals surface area contributed by atoms with Crippen LogP contribution in [0.5, 0.6) is 0 Å². The lowest BCUT2D eigenvalue weighted by molar-refractivity contribution is -0.206. The van der Waals surface area contributed by atoms with Crippen molar-refractivity contribution in [1.29, 1.82) is 0 Å². The Kier molecular flexibility index (Phi) is 2.65. The molecule has 1 N–H and O–H groups in total. The van der Waals surface area contributed by atoms with Gasteiger partial charge in [0.15, 0.2) is 6.10 Å². The van der Waals surface area contributed by atoms with Crippen molar-refractivity contribution in [2.75, 3.05) is 0 Å². The van der Waals surface area contributed by atoms with Crippen LogP contribution >= 0.6 is 22.9 Å². The highest BCUT2D eigenvalue weighted by molar-refractivity contribution is 7.14. The Hall–Kier alpha value is -0.260. The molecule has 1 atom stereocenters. The van der Waals surface area contributed by atoms with E-state index in [1.807, 2.05) is 0 Å². The van der Waals surface area contributed by atoms with Crippen LogP contribution in [-0.2, 0) is 0 Å². The van der Waals surface area contributed by atoms with Gasteiger partial charge in [0.05, 0.1) is 4.34 Å². The molecule has 6 heteroatoms. The van der Waals surface area contributed by atoms with Gasteiger partial charge in [-0.15, -0.1) is 11.3 Å². The van der Waals surface area contributed by atoms with E-state index in [1.54, 1.807) is 0 Å². The molecule has 0 saturated carbocycles. The highest BCUT2D eigenvalue weighted by Gasteiger charge is 2.39. The number of alkyl halides is 3. The summed E-state index contributed by atoms with van der Waals surface area (Å²) in [7, 11) is 0. The van der Waals surface area contributed by atoms with Gasteiger partial charge in [0.25, 0.3) is 0 Å². The van der Waals surface area contributed by atoms with Crippen LogP contribution in [0.1, 0.15) is 11.7 Å². The minimum Gasteiger partial charge on any atom is -0.379 e. The summed E-state index contributed by atoms with van der Waals surface area (Å²) in [5.41, 5.74) is -0.211. The average molecular weight is 217 g/mol. The van der Waals surface area contributed by atoms with Crippen molar-refractivity contribution in [3.05, 3.63) is 21.3 Å². The summed E-state index contributed by atoms with van der Waals surface area (Å²) in [6.07, 6.45) is -7.05. The van der Waals surface area contributed by atoms with Crippen molar-refractivity contribution in [3.63, 3.8) is 0 Å². The zero-order valence-electron chi connectivity index (χ0n) is 5.60. The van der Waals surface area contributed by atoms with Gasteiger partial charge in [-0.3, -0.25) is 0 Å². The molecule has 1 nitrogen and oxygen atoms in total. The zero-order valence-corrected chi connectivity index (χ0v) is 7.17. The van der Waals surface area contributed by atoms with Gasteiger partial charge in [0.1, 0.15) is 0 Å². The van der Waals surface area contributed by atoms with Gasteiger partial charge >= 0.3 is 6.18 Å². The van der Waals surface area contributed by atoms with Gasteiger partial charge < -0.3 is 5.11 Å². The summed E-state index contributed by atoms with van der Waals surface area (Å²) in [6.45, 7) is 0. The van der Waals surface area contributed by atoms with E-state index < -0.39 is 12.3 Å². The molecule has 68 valence electrons. The normalized spacial score (nSPS) is 14.8. The molecular weight excluding hydrogens is 213 g/mol. The number of thiophene rings is 1. The first-order valence-corrected chi connectivity index (χ1v) is 4.15. The number of rotatable bonds is 1. The summed E-state index contributed by atoms with van der Waals surface area (Å²) in [5, 5.41) is 9.87. The fraction of sp³-hybridized carbons (Fsp3) is 0.333. The summed E-state index contributed by atoms with van der Waals surface area (Å²) in [5.74, 6) is 0. The first-order valence-electron chi connectivity index (χ1n) is 2.90. The van der Waals surface area contributed by atoms with E-state index in [0.717, 1.165) is 17.4 Å². The number of halogens is 4. The summed E-state index contributed by atoms with van der Waals surface area (Å²) in [4.78, 5) is 0. The molecule has 0 radical (unpaired) electrons. The van der Waals surface area contributed by atoms with Gasteiger partial charge in [0.2, 0.25) is 0 Å². The SMILES string of the molecule is OC(c1csc(Cl)c1)C(F)(F)F. The van der Waals surface area contributed by atoms with E-state index >= 15 is 0 Å². The third-order valence-corrected chi connectivity index (χ3v) is 2.32. The first-order chi connectivity index (χ1) is 5.41. The van der Waals surface area contributed by atoms with Crippen molar-refractivity contribution in [2.24, 2.45) is 0 Å². The predicted octanol–water partition coefficient (Wildman–Crippen LogP) is 3.00. The monoisotopic (exact) mass is 216 g/mol. The molecular formula is C6H4ClF3OS. The van der Waals surface area contributed by atoms with Crippen LogP contribution in [0.2, 0.25) is 4.34 Å². The minimum atomic E-state index is -4.62. The van der Waals surface area contributed by atoms with E-state index in [2.05, 4.69) is 0 Å². The van der Waals surface area contributed by atoms with Crippen molar-refractivity contribution in [2.45, 2.75) is 12.3 Å². The highest BCUT2D eigenvalue weighted by atomic mass is 35.5. The van der Waals surface area contributed by atoms with Crippen LogP contribution in [-0.4, -0.2) is 11.3 Å². The third kappa shape index (κ3) is 2.12. The average Bonchev–Trinajstić information content (AvgIpc) is 2.32. The molecule has 1 rings (SSSR count). The molecule has 12 heavy (non-hydrogen) atoms. The van der Waals surface area contributed by atoms with Crippen molar-refractivity contribution in [3.8, 4) is 0 Å². The van der Waals surface area contributed by atoms with Crippen molar-refractivity contribution >= 4 is 22.9 Å². The Bertz CT molecular complexity index is 270. The fourth-order valence-electron chi connectivity index (χ4n) is 0.656. The number of aliphatic hydroxyl groups is 1. The maximum Gasteiger partial charge on any atom is 0.418 e. The number of hydrogen-bond donors (Lipinski definition) is 1. The Morgan fingerprint density at radius 2 is 2.08 bits per heavy atom. The standard InChI is InChI=1S/C6H4ClF3OS/c7-4-1-3(2-12-4)5(11)6(8,9)10/h1-2,5,11H. The molecule has 1 unspecified atom stereocenters. The summed E-state index contributed by atoms with van der Waals surface area (Å²) >= 11 is 6.35. The predicted molar refractivity (Wildman–Crippen MR) is 40.3 cm³/mol. The Morgan fingerprint density at radius 1 is 1.50 bits per heavy atom. The van der Waals surface area contributed by atoms with Crippen LogP contribution in [0, 0.1) is 0 Å². The smallest absolute Gasteiger partial charge is 0.379 e. The molecule has 0 aliphatic rings. The number of aliphatic hydroxyl groups excluding tert-OH is 1. The Morgan fingerprint density at radius 3 is 2.42 bits per heavy atom. The van der Waals surface area contributed by atoms with Crippen LogP contribution in [0.4, 0.5) is 13.2 Å². The van der Waals surface area contributed by atoms with E-state index in [-0.39, 0.29) is 9.90 Å². The van der Waals surface area contributed by atoms with Gasteiger partial charge in [-0.2, -0.15) is 13.2 Å². The van der Waals surface area contributed by atoms with Crippen molar-refractivity contribution < 1.29 is 18.3 Å². The maximum absolute atomic E-state index is 11.9. The lowest BCUT2D eigenvalue weighted by Crippen LogP contribution is -2.19. The highest BCUT2D eigenvalue weighted by Crippen LogP contribution is 2.35. The molecule has 0 aliphatic carbocycles. The number of hydrogen-bond acceptors (Lipinski definition) is 2. The van der Waals surface area contributed by atoms with E-state index in [0.29, 0.717) is 0 Å². The molecule has 0 spiro atoms.